The first-order chi connectivity index (χ1) is 7.13. The van der Waals surface area contributed by atoms with Crippen molar-refractivity contribution in [2.24, 2.45) is 7.05 Å². The monoisotopic (exact) mass is 204 g/mol. The second-order valence-corrected chi connectivity index (χ2v) is 3.79. The Morgan fingerprint density at radius 3 is 2.60 bits per heavy atom. The predicted molar refractivity (Wildman–Crippen MR) is 59.6 cm³/mol. The van der Waals surface area contributed by atoms with E-state index in [2.05, 4.69) is 30.1 Å². The van der Waals surface area contributed by atoms with Crippen LogP contribution in [0.4, 0.5) is 0 Å². The molecule has 2 aromatic heterocycles. The van der Waals surface area contributed by atoms with Gasteiger partial charge in [0.2, 0.25) is 0 Å². The Bertz CT molecular complexity index is 459. The van der Waals surface area contributed by atoms with E-state index in [0.717, 1.165) is 23.6 Å². The molecule has 0 bridgehead atoms. The molecule has 15 heavy (non-hydrogen) atoms. The van der Waals surface area contributed by atoms with Crippen molar-refractivity contribution in [3.05, 3.63) is 23.5 Å². The van der Waals surface area contributed by atoms with E-state index in [0.29, 0.717) is 0 Å². The summed E-state index contributed by atoms with van der Waals surface area (Å²) in [5.41, 5.74) is 4.53. The molecule has 0 saturated heterocycles. The summed E-state index contributed by atoms with van der Waals surface area (Å²) >= 11 is 0. The number of nitrogens with zero attached hydrogens (tertiary/aromatic N) is 4. The highest BCUT2D eigenvalue weighted by molar-refractivity contribution is 5.59. The summed E-state index contributed by atoms with van der Waals surface area (Å²) in [5, 5.41) is 8.70. The molecule has 0 aromatic carbocycles. The maximum Gasteiger partial charge on any atom is 0.0889 e. The lowest BCUT2D eigenvalue weighted by Gasteiger charge is -2.05. The van der Waals surface area contributed by atoms with Gasteiger partial charge in [0.05, 0.1) is 23.3 Å². The van der Waals surface area contributed by atoms with Crippen LogP contribution >= 0.6 is 0 Å². The molecule has 0 fully saturated rings. The van der Waals surface area contributed by atoms with Crippen LogP contribution in [0.5, 0.6) is 0 Å². The first-order valence-corrected chi connectivity index (χ1v) is 5.17. The zero-order valence-electron chi connectivity index (χ0n) is 9.65. The number of hydrogen-bond donors (Lipinski definition) is 0. The number of rotatable bonds is 2. The molecule has 0 atom stereocenters. The normalized spacial score (nSPS) is 10.9. The van der Waals surface area contributed by atoms with Gasteiger partial charge in [-0.3, -0.25) is 9.36 Å². The van der Waals surface area contributed by atoms with E-state index in [1.807, 2.05) is 29.5 Å². The molecule has 0 radical (unpaired) electrons. The smallest absolute Gasteiger partial charge is 0.0889 e. The second-order valence-electron chi connectivity index (χ2n) is 3.79. The van der Waals surface area contributed by atoms with Crippen LogP contribution in [0, 0.1) is 13.8 Å². The summed E-state index contributed by atoms with van der Waals surface area (Å²) in [6, 6.07) is 2.10. The van der Waals surface area contributed by atoms with Gasteiger partial charge in [0.25, 0.3) is 0 Å². The molecular formula is C11H16N4. The highest BCUT2D eigenvalue weighted by Crippen LogP contribution is 2.23. The maximum absolute atomic E-state index is 4.44. The summed E-state index contributed by atoms with van der Waals surface area (Å²) in [6.45, 7) is 7.07. The van der Waals surface area contributed by atoms with Gasteiger partial charge in [0.15, 0.2) is 0 Å². The third-order valence-corrected chi connectivity index (χ3v) is 2.57. The minimum absolute atomic E-state index is 0.883. The van der Waals surface area contributed by atoms with Gasteiger partial charge in [0.1, 0.15) is 0 Å². The minimum atomic E-state index is 0.883. The molecule has 0 amide bonds. The van der Waals surface area contributed by atoms with Crippen LogP contribution in [0.3, 0.4) is 0 Å². The third-order valence-electron chi connectivity index (χ3n) is 2.57. The second kappa shape index (κ2) is 3.53. The maximum atomic E-state index is 4.44. The van der Waals surface area contributed by atoms with Crippen LogP contribution in [-0.4, -0.2) is 19.6 Å². The van der Waals surface area contributed by atoms with Gasteiger partial charge in [-0.1, -0.05) is 0 Å². The van der Waals surface area contributed by atoms with Crippen LogP contribution in [0.15, 0.2) is 12.3 Å². The van der Waals surface area contributed by atoms with E-state index in [-0.39, 0.29) is 0 Å². The summed E-state index contributed by atoms with van der Waals surface area (Å²) in [5.74, 6) is 0. The van der Waals surface area contributed by atoms with Crippen LogP contribution in [0.25, 0.3) is 11.4 Å². The van der Waals surface area contributed by atoms with Crippen molar-refractivity contribution in [3.8, 4) is 11.4 Å². The fraction of sp³-hybridized carbons (Fsp3) is 0.455. The highest BCUT2D eigenvalue weighted by Gasteiger charge is 2.12. The van der Waals surface area contributed by atoms with Gasteiger partial charge >= 0.3 is 0 Å². The molecule has 0 saturated carbocycles. The van der Waals surface area contributed by atoms with Gasteiger partial charge < -0.3 is 0 Å². The molecule has 0 aliphatic heterocycles. The number of aryl methyl sites for hydroxylation is 4. The van der Waals surface area contributed by atoms with Crippen molar-refractivity contribution >= 4 is 0 Å². The summed E-state index contributed by atoms with van der Waals surface area (Å²) < 4.78 is 3.91. The van der Waals surface area contributed by atoms with E-state index in [1.54, 1.807) is 0 Å². The minimum Gasteiger partial charge on any atom is -0.266 e. The van der Waals surface area contributed by atoms with Crippen LogP contribution in [0.1, 0.15) is 18.2 Å². The number of hydrogen-bond acceptors (Lipinski definition) is 2. The molecule has 2 rings (SSSR count). The van der Waals surface area contributed by atoms with Gasteiger partial charge in [-0.25, -0.2) is 0 Å². The third kappa shape index (κ3) is 1.56. The lowest BCUT2D eigenvalue weighted by Crippen LogP contribution is -2.03. The van der Waals surface area contributed by atoms with Crippen molar-refractivity contribution in [3.63, 3.8) is 0 Å². The van der Waals surface area contributed by atoms with Crippen molar-refractivity contribution in [2.75, 3.05) is 0 Å². The van der Waals surface area contributed by atoms with Crippen LogP contribution < -0.4 is 0 Å². The molecule has 2 aromatic rings. The summed E-state index contributed by atoms with van der Waals surface area (Å²) in [6.07, 6.45) is 1.89. The molecule has 4 nitrogen and oxygen atoms in total. The predicted octanol–water partition coefficient (Wildman–Crippen LogP) is 1.92. The first-order valence-electron chi connectivity index (χ1n) is 5.17. The van der Waals surface area contributed by atoms with Crippen molar-refractivity contribution in [1.29, 1.82) is 0 Å². The average Bonchev–Trinajstić information content (AvgIpc) is 2.70. The first kappa shape index (κ1) is 9.96. The Hall–Kier alpha value is -1.58. The van der Waals surface area contributed by atoms with Crippen molar-refractivity contribution in [2.45, 2.75) is 27.3 Å². The summed E-state index contributed by atoms with van der Waals surface area (Å²) in [4.78, 5) is 0. The van der Waals surface area contributed by atoms with Crippen LogP contribution in [-0.2, 0) is 13.6 Å². The standard InChI is InChI=1S/C11H16N4/c1-5-15-10(6-9(3)13-15)11-8(2)7-12-14(11)4/h6-7H,5H2,1-4H3. The molecule has 0 unspecified atom stereocenters. The average molecular weight is 204 g/mol. The zero-order chi connectivity index (χ0) is 11.0. The van der Waals surface area contributed by atoms with Crippen molar-refractivity contribution < 1.29 is 0 Å². The van der Waals surface area contributed by atoms with E-state index < -0.39 is 0 Å². The molecule has 2 heterocycles. The van der Waals surface area contributed by atoms with E-state index in [4.69, 9.17) is 0 Å². The Balaban J connectivity index is 2.62. The molecule has 4 heteroatoms. The lowest BCUT2D eigenvalue weighted by atomic mass is 10.2. The molecule has 0 spiro atoms. The fourth-order valence-electron chi connectivity index (χ4n) is 1.89. The number of aromatic nitrogens is 4. The van der Waals surface area contributed by atoms with E-state index in [1.165, 1.54) is 5.56 Å². The topological polar surface area (TPSA) is 35.6 Å². The highest BCUT2D eigenvalue weighted by atomic mass is 15.3. The Morgan fingerprint density at radius 2 is 2.07 bits per heavy atom. The van der Waals surface area contributed by atoms with Crippen LogP contribution in [0.2, 0.25) is 0 Å². The summed E-state index contributed by atoms with van der Waals surface area (Å²) in [7, 11) is 1.96. The lowest BCUT2D eigenvalue weighted by molar-refractivity contribution is 0.652. The van der Waals surface area contributed by atoms with E-state index in [9.17, 15) is 0 Å². The van der Waals surface area contributed by atoms with Gasteiger partial charge in [-0.15, -0.1) is 0 Å². The van der Waals surface area contributed by atoms with Gasteiger partial charge in [-0.2, -0.15) is 10.2 Å². The zero-order valence-corrected chi connectivity index (χ0v) is 9.65. The Labute approximate surface area is 89.5 Å². The van der Waals surface area contributed by atoms with Gasteiger partial charge in [-0.05, 0) is 32.4 Å². The molecule has 0 aliphatic carbocycles. The molecule has 80 valence electrons. The Morgan fingerprint density at radius 1 is 1.33 bits per heavy atom. The molecule has 0 N–H and O–H groups in total. The van der Waals surface area contributed by atoms with Crippen molar-refractivity contribution in [1.82, 2.24) is 19.6 Å². The van der Waals surface area contributed by atoms with E-state index >= 15 is 0 Å². The largest absolute Gasteiger partial charge is 0.266 e. The van der Waals surface area contributed by atoms with Gasteiger partial charge in [0, 0.05) is 13.6 Å². The molecular weight excluding hydrogens is 188 g/mol. The SMILES string of the molecule is CCn1nc(C)cc1-c1c(C)cnn1C. The quantitative estimate of drug-likeness (QED) is 0.749. The Kier molecular flexibility index (Phi) is 2.34. The fourth-order valence-corrected chi connectivity index (χ4v) is 1.89. The molecule has 0 aliphatic rings.